The van der Waals surface area contributed by atoms with Gasteiger partial charge in [-0.3, -0.25) is 4.79 Å². The van der Waals surface area contributed by atoms with Crippen molar-refractivity contribution in [3.8, 4) is 11.1 Å². The molecular formula is C22H26N2O2. The van der Waals surface area contributed by atoms with Gasteiger partial charge in [0.2, 0.25) is 0 Å². The molecule has 0 spiro atoms. The SMILES string of the molecule is Cc1cc(C)c(-c2ccc(C(=O)N3CC(N)(CCC=O)C3)cc2)c(C)c1. The number of carbonyl (C=O) groups is 2. The van der Waals surface area contributed by atoms with Gasteiger partial charge in [-0.1, -0.05) is 29.8 Å². The number of carbonyl (C=O) groups excluding carboxylic acids is 2. The minimum atomic E-state index is -0.410. The van der Waals surface area contributed by atoms with Gasteiger partial charge in [0.15, 0.2) is 0 Å². The van der Waals surface area contributed by atoms with Crippen LogP contribution in [-0.4, -0.2) is 35.7 Å². The van der Waals surface area contributed by atoms with Crippen molar-refractivity contribution in [2.75, 3.05) is 13.1 Å². The summed E-state index contributed by atoms with van der Waals surface area (Å²) in [6.07, 6.45) is 1.96. The second kappa shape index (κ2) is 7.04. The van der Waals surface area contributed by atoms with Crippen molar-refractivity contribution in [1.29, 1.82) is 0 Å². The molecule has 1 aliphatic rings. The van der Waals surface area contributed by atoms with E-state index >= 15 is 0 Å². The van der Waals surface area contributed by atoms with Gasteiger partial charge in [0, 0.05) is 25.1 Å². The Morgan fingerprint density at radius 1 is 1.12 bits per heavy atom. The third-order valence-electron chi connectivity index (χ3n) is 5.16. The van der Waals surface area contributed by atoms with Crippen LogP contribution in [-0.2, 0) is 4.79 Å². The normalized spacial score (nSPS) is 15.5. The Kier molecular flexibility index (Phi) is 4.97. The van der Waals surface area contributed by atoms with E-state index in [0.29, 0.717) is 31.5 Å². The third-order valence-corrected chi connectivity index (χ3v) is 5.16. The molecule has 4 nitrogen and oxygen atoms in total. The molecule has 0 aromatic heterocycles. The fraction of sp³-hybridized carbons (Fsp3) is 0.364. The van der Waals surface area contributed by atoms with Crippen LogP contribution >= 0.6 is 0 Å². The van der Waals surface area contributed by atoms with E-state index in [1.165, 1.54) is 22.3 Å². The molecule has 2 N–H and O–H groups in total. The summed E-state index contributed by atoms with van der Waals surface area (Å²) in [6.45, 7) is 7.36. The van der Waals surface area contributed by atoms with Gasteiger partial charge in [0.1, 0.15) is 6.29 Å². The molecule has 0 atom stereocenters. The predicted molar refractivity (Wildman–Crippen MR) is 104 cm³/mol. The number of benzene rings is 2. The average Bonchev–Trinajstić information content (AvgIpc) is 2.56. The van der Waals surface area contributed by atoms with Crippen LogP contribution < -0.4 is 5.73 Å². The van der Waals surface area contributed by atoms with Crippen LogP contribution in [0.2, 0.25) is 0 Å². The molecule has 3 rings (SSSR count). The van der Waals surface area contributed by atoms with Crippen LogP contribution in [0.5, 0.6) is 0 Å². The molecule has 26 heavy (non-hydrogen) atoms. The molecule has 1 amide bonds. The van der Waals surface area contributed by atoms with Crippen LogP contribution in [0.1, 0.15) is 39.9 Å². The molecule has 2 aromatic rings. The van der Waals surface area contributed by atoms with Gasteiger partial charge >= 0.3 is 0 Å². The lowest BCUT2D eigenvalue weighted by atomic mass is 9.85. The summed E-state index contributed by atoms with van der Waals surface area (Å²) in [7, 11) is 0. The number of aryl methyl sites for hydroxylation is 3. The fourth-order valence-electron chi connectivity index (χ4n) is 3.96. The zero-order chi connectivity index (χ0) is 18.9. The molecule has 1 fully saturated rings. The zero-order valence-electron chi connectivity index (χ0n) is 15.7. The number of nitrogens with zero attached hydrogens (tertiary/aromatic N) is 1. The molecule has 0 aliphatic carbocycles. The third kappa shape index (κ3) is 3.56. The number of amides is 1. The van der Waals surface area contributed by atoms with Crippen LogP contribution in [0, 0.1) is 20.8 Å². The van der Waals surface area contributed by atoms with Gasteiger partial charge in [0.25, 0.3) is 5.91 Å². The van der Waals surface area contributed by atoms with E-state index in [1.54, 1.807) is 4.90 Å². The van der Waals surface area contributed by atoms with Crippen LogP contribution in [0.25, 0.3) is 11.1 Å². The smallest absolute Gasteiger partial charge is 0.253 e. The van der Waals surface area contributed by atoms with Crippen molar-refractivity contribution in [2.24, 2.45) is 5.73 Å². The summed E-state index contributed by atoms with van der Waals surface area (Å²) in [5.74, 6) is 0.000998. The lowest BCUT2D eigenvalue weighted by Gasteiger charge is -2.47. The molecular weight excluding hydrogens is 324 g/mol. The Morgan fingerprint density at radius 3 is 2.23 bits per heavy atom. The number of hydrogen-bond acceptors (Lipinski definition) is 3. The maximum absolute atomic E-state index is 12.6. The topological polar surface area (TPSA) is 63.4 Å². The van der Waals surface area contributed by atoms with Gasteiger partial charge in [-0.05, 0) is 61.6 Å². The largest absolute Gasteiger partial charge is 0.335 e. The first-order chi connectivity index (χ1) is 12.3. The van der Waals surface area contributed by atoms with Crippen molar-refractivity contribution in [3.63, 3.8) is 0 Å². The summed E-state index contributed by atoms with van der Waals surface area (Å²) < 4.78 is 0. The van der Waals surface area contributed by atoms with Crippen LogP contribution in [0.4, 0.5) is 0 Å². The first-order valence-corrected chi connectivity index (χ1v) is 9.03. The summed E-state index contributed by atoms with van der Waals surface area (Å²) in [5, 5.41) is 0. The lowest BCUT2D eigenvalue weighted by Crippen LogP contribution is -2.68. The Morgan fingerprint density at radius 2 is 1.69 bits per heavy atom. The lowest BCUT2D eigenvalue weighted by molar-refractivity contribution is -0.108. The summed E-state index contributed by atoms with van der Waals surface area (Å²) in [5.41, 5.74) is 12.6. The van der Waals surface area contributed by atoms with Gasteiger partial charge < -0.3 is 15.4 Å². The van der Waals surface area contributed by atoms with Gasteiger partial charge in [0.05, 0.1) is 5.54 Å². The van der Waals surface area contributed by atoms with E-state index in [4.69, 9.17) is 5.73 Å². The van der Waals surface area contributed by atoms with E-state index in [-0.39, 0.29) is 5.91 Å². The van der Waals surface area contributed by atoms with Crippen molar-refractivity contribution in [2.45, 2.75) is 39.2 Å². The average molecular weight is 350 g/mol. The minimum absolute atomic E-state index is 0.000998. The highest BCUT2D eigenvalue weighted by molar-refractivity contribution is 5.95. The number of nitrogens with two attached hydrogens (primary N) is 1. The van der Waals surface area contributed by atoms with Crippen LogP contribution in [0.3, 0.4) is 0 Å². The zero-order valence-corrected chi connectivity index (χ0v) is 15.7. The maximum atomic E-state index is 12.6. The highest BCUT2D eigenvalue weighted by Gasteiger charge is 2.41. The summed E-state index contributed by atoms with van der Waals surface area (Å²) in [6, 6.07) is 12.2. The molecule has 0 radical (unpaired) electrons. The molecule has 1 heterocycles. The molecule has 1 saturated heterocycles. The Balaban J connectivity index is 1.73. The summed E-state index contributed by atoms with van der Waals surface area (Å²) >= 11 is 0. The number of hydrogen-bond donors (Lipinski definition) is 1. The summed E-state index contributed by atoms with van der Waals surface area (Å²) in [4.78, 5) is 24.9. The second-order valence-corrected chi connectivity index (χ2v) is 7.58. The Bertz CT molecular complexity index is 811. The quantitative estimate of drug-likeness (QED) is 0.841. The van der Waals surface area contributed by atoms with Gasteiger partial charge in [-0.2, -0.15) is 0 Å². The highest BCUT2D eigenvalue weighted by atomic mass is 16.2. The van der Waals surface area contributed by atoms with E-state index in [9.17, 15) is 9.59 Å². The van der Waals surface area contributed by atoms with Gasteiger partial charge in [-0.25, -0.2) is 0 Å². The minimum Gasteiger partial charge on any atom is -0.335 e. The number of aldehydes is 1. The molecule has 136 valence electrons. The Hall–Kier alpha value is -2.46. The van der Waals surface area contributed by atoms with Crippen molar-refractivity contribution in [3.05, 3.63) is 58.7 Å². The monoisotopic (exact) mass is 350 g/mol. The van der Waals surface area contributed by atoms with Crippen molar-refractivity contribution < 1.29 is 9.59 Å². The van der Waals surface area contributed by atoms with E-state index in [2.05, 4.69) is 32.9 Å². The molecule has 4 heteroatoms. The van der Waals surface area contributed by atoms with Crippen molar-refractivity contribution in [1.82, 2.24) is 4.90 Å². The van der Waals surface area contributed by atoms with Crippen LogP contribution in [0.15, 0.2) is 36.4 Å². The standard InChI is InChI=1S/C22H26N2O2/c1-15-11-16(2)20(17(3)12-15)18-5-7-19(8-6-18)21(26)24-13-22(23,14-24)9-4-10-25/h5-8,10-12H,4,9,13-14,23H2,1-3H3. The first-order valence-electron chi connectivity index (χ1n) is 9.03. The van der Waals surface area contributed by atoms with E-state index < -0.39 is 5.54 Å². The number of rotatable bonds is 5. The maximum Gasteiger partial charge on any atom is 0.253 e. The van der Waals surface area contributed by atoms with E-state index in [0.717, 1.165) is 11.8 Å². The molecule has 1 aliphatic heterocycles. The predicted octanol–water partition coefficient (Wildman–Crippen LogP) is 3.41. The molecule has 0 saturated carbocycles. The van der Waals surface area contributed by atoms with Gasteiger partial charge in [-0.15, -0.1) is 0 Å². The Labute approximate surface area is 155 Å². The van der Waals surface area contributed by atoms with E-state index in [1.807, 2.05) is 24.3 Å². The fourth-order valence-corrected chi connectivity index (χ4v) is 3.96. The first kappa shape index (κ1) is 18.3. The molecule has 0 bridgehead atoms. The second-order valence-electron chi connectivity index (χ2n) is 7.58. The number of likely N-dealkylation sites (tertiary alicyclic amines) is 1. The van der Waals surface area contributed by atoms with Crippen molar-refractivity contribution >= 4 is 12.2 Å². The highest BCUT2D eigenvalue weighted by Crippen LogP contribution is 2.30. The molecule has 2 aromatic carbocycles. The molecule has 0 unspecified atom stereocenters.